The van der Waals surface area contributed by atoms with Gasteiger partial charge in [-0.25, -0.2) is 4.39 Å². The number of ether oxygens (including phenoxy) is 2. The molecule has 38 heavy (non-hydrogen) atoms. The zero-order chi connectivity index (χ0) is 27.4. The minimum Gasteiger partial charge on any atom is -0.488 e. The molecule has 3 unspecified atom stereocenters. The molecule has 3 atom stereocenters. The Balaban J connectivity index is 1.50. The van der Waals surface area contributed by atoms with Crippen molar-refractivity contribution >= 4 is 26.1 Å². The zero-order valence-electron chi connectivity index (χ0n) is 22.0. The summed E-state index contributed by atoms with van der Waals surface area (Å²) in [4.78, 5) is 39.5. The summed E-state index contributed by atoms with van der Waals surface area (Å²) in [6.45, 7) is 7.80. The first-order valence-electron chi connectivity index (χ1n) is 12.8. The van der Waals surface area contributed by atoms with E-state index < -0.39 is 17.3 Å². The fraction of sp³-hybridized carbons (Fsp3) is 0.464. The normalized spacial score (nSPS) is 24.1. The minimum atomic E-state index is -1.66. The number of hydrogen-bond donors (Lipinski definition) is 1. The van der Waals surface area contributed by atoms with Crippen molar-refractivity contribution in [1.82, 2.24) is 15.1 Å². The molecular formula is C28H33BFN3O5. The van der Waals surface area contributed by atoms with Gasteiger partial charge < -0.3 is 14.4 Å². The summed E-state index contributed by atoms with van der Waals surface area (Å²) >= 11 is 0. The van der Waals surface area contributed by atoms with Crippen molar-refractivity contribution in [2.24, 2.45) is 0 Å². The fourth-order valence-corrected chi connectivity index (χ4v) is 5.12. The van der Waals surface area contributed by atoms with Crippen LogP contribution >= 0.6 is 0 Å². The summed E-state index contributed by atoms with van der Waals surface area (Å²) in [5, 5.41) is 2.21. The van der Waals surface area contributed by atoms with Crippen molar-refractivity contribution in [3.63, 3.8) is 0 Å². The molecular weight excluding hydrogens is 488 g/mol. The molecule has 8 nitrogen and oxygen atoms in total. The molecule has 2 heterocycles. The standard InChI is InChI=1S/C28H33BFN3O5/c1-18-6-4-9-24(23(18)15-33(17-34)28(29)11-10-25(35)31-27(28)36)37-16-22-8-5-7-21(26(22)30)14-32-12-19(2)38-20(3)13-32/h4-9,17,19-20H,10-16H2,1-3H3,(H,31,35,36). The second kappa shape index (κ2) is 11.7. The van der Waals surface area contributed by atoms with Gasteiger partial charge in [0.2, 0.25) is 18.2 Å². The second-order valence-corrected chi connectivity index (χ2v) is 10.2. The second-order valence-electron chi connectivity index (χ2n) is 10.2. The van der Waals surface area contributed by atoms with Gasteiger partial charge in [-0.05, 0) is 38.8 Å². The number of piperidine rings is 1. The van der Waals surface area contributed by atoms with Crippen LogP contribution in [-0.2, 0) is 38.8 Å². The monoisotopic (exact) mass is 521 g/mol. The Morgan fingerprint density at radius 2 is 1.87 bits per heavy atom. The maximum atomic E-state index is 15.5. The molecule has 2 aromatic rings. The van der Waals surface area contributed by atoms with E-state index in [0.29, 0.717) is 35.4 Å². The third-order valence-electron chi connectivity index (χ3n) is 7.15. The maximum absolute atomic E-state index is 15.5. The van der Waals surface area contributed by atoms with E-state index in [1.54, 1.807) is 24.3 Å². The van der Waals surface area contributed by atoms with Crippen LogP contribution in [0.4, 0.5) is 4.39 Å². The third kappa shape index (κ3) is 6.08. The molecule has 0 saturated carbocycles. The fourth-order valence-electron chi connectivity index (χ4n) is 5.12. The minimum absolute atomic E-state index is 0.0111. The molecule has 2 fully saturated rings. The molecule has 200 valence electrons. The molecule has 4 rings (SSSR count). The van der Waals surface area contributed by atoms with Gasteiger partial charge in [-0.3, -0.25) is 24.6 Å². The van der Waals surface area contributed by atoms with Crippen molar-refractivity contribution in [3.8, 4) is 5.75 Å². The van der Waals surface area contributed by atoms with Crippen molar-refractivity contribution in [2.75, 3.05) is 13.1 Å². The van der Waals surface area contributed by atoms with Gasteiger partial charge in [0.1, 0.15) is 26.0 Å². The SMILES string of the molecule is [B]C1(N(C=O)Cc2c(C)cccc2OCc2cccc(CN3CC(C)OC(C)C3)c2F)CCC(=O)NC1=O. The molecule has 2 aliphatic rings. The molecule has 2 radical (unpaired) electrons. The summed E-state index contributed by atoms with van der Waals surface area (Å²) in [6.07, 6.45) is 0.722. The lowest BCUT2D eigenvalue weighted by Gasteiger charge is -2.40. The molecule has 2 aromatic carbocycles. The maximum Gasteiger partial charge on any atom is 0.242 e. The van der Waals surface area contributed by atoms with E-state index >= 15 is 4.39 Å². The predicted molar refractivity (Wildman–Crippen MR) is 140 cm³/mol. The smallest absolute Gasteiger partial charge is 0.242 e. The molecule has 0 aliphatic carbocycles. The number of benzene rings is 2. The highest BCUT2D eigenvalue weighted by Gasteiger charge is 2.42. The molecule has 1 N–H and O–H groups in total. The van der Waals surface area contributed by atoms with Gasteiger partial charge in [0, 0.05) is 49.3 Å². The molecule has 0 bridgehead atoms. The van der Waals surface area contributed by atoms with Crippen LogP contribution in [0.25, 0.3) is 0 Å². The Labute approximate surface area is 223 Å². The van der Waals surface area contributed by atoms with E-state index in [9.17, 15) is 14.4 Å². The van der Waals surface area contributed by atoms with Gasteiger partial charge in [0.25, 0.3) is 0 Å². The van der Waals surface area contributed by atoms with Crippen molar-refractivity contribution in [1.29, 1.82) is 0 Å². The van der Waals surface area contributed by atoms with E-state index in [2.05, 4.69) is 10.2 Å². The molecule has 2 saturated heterocycles. The van der Waals surface area contributed by atoms with E-state index in [0.717, 1.165) is 18.7 Å². The van der Waals surface area contributed by atoms with Gasteiger partial charge >= 0.3 is 0 Å². The number of carbonyl (C=O) groups is 3. The number of hydrogen-bond acceptors (Lipinski definition) is 6. The number of morpholine rings is 1. The van der Waals surface area contributed by atoms with Crippen LogP contribution in [0.1, 0.15) is 48.9 Å². The van der Waals surface area contributed by atoms with Crippen molar-refractivity contribution in [3.05, 3.63) is 64.5 Å². The highest BCUT2D eigenvalue weighted by atomic mass is 19.1. The highest BCUT2D eigenvalue weighted by molar-refractivity contribution is 6.31. The van der Waals surface area contributed by atoms with Gasteiger partial charge in [-0.1, -0.05) is 30.3 Å². The zero-order valence-corrected chi connectivity index (χ0v) is 22.0. The number of nitrogens with zero attached hydrogens (tertiary/aromatic N) is 2. The molecule has 0 spiro atoms. The van der Waals surface area contributed by atoms with Crippen molar-refractivity contribution in [2.45, 2.75) is 71.0 Å². The first-order valence-corrected chi connectivity index (χ1v) is 12.8. The Bertz CT molecular complexity index is 1200. The van der Waals surface area contributed by atoms with Gasteiger partial charge in [0.15, 0.2) is 0 Å². The number of halogens is 1. The van der Waals surface area contributed by atoms with Crippen LogP contribution in [0.15, 0.2) is 36.4 Å². The number of amides is 3. The lowest BCUT2D eigenvalue weighted by atomic mass is 9.70. The van der Waals surface area contributed by atoms with Crippen LogP contribution in [0, 0.1) is 12.7 Å². The van der Waals surface area contributed by atoms with Crippen molar-refractivity contribution < 1.29 is 28.2 Å². The lowest BCUT2D eigenvalue weighted by Crippen LogP contribution is -2.62. The summed E-state index contributed by atoms with van der Waals surface area (Å²) < 4.78 is 27.3. The quantitative estimate of drug-likeness (QED) is 0.310. The van der Waals surface area contributed by atoms with E-state index in [4.69, 9.17) is 17.3 Å². The molecule has 2 aliphatic heterocycles. The van der Waals surface area contributed by atoms with Crippen LogP contribution in [0.5, 0.6) is 5.75 Å². The van der Waals surface area contributed by atoms with E-state index in [-0.39, 0.29) is 44.0 Å². The Hall–Kier alpha value is -3.24. The number of imide groups is 1. The summed E-state index contributed by atoms with van der Waals surface area (Å²) in [5.74, 6) is -1.01. The average Bonchev–Trinajstić information content (AvgIpc) is 2.86. The Kier molecular flexibility index (Phi) is 8.52. The lowest BCUT2D eigenvalue weighted by molar-refractivity contribution is -0.144. The number of rotatable bonds is 9. The third-order valence-corrected chi connectivity index (χ3v) is 7.15. The number of nitrogens with one attached hydrogen (secondary N) is 1. The molecule has 0 aromatic heterocycles. The van der Waals surface area contributed by atoms with E-state index in [1.807, 2.05) is 32.9 Å². The van der Waals surface area contributed by atoms with Gasteiger partial charge in [-0.15, -0.1) is 0 Å². The molecule has 3 amide bonds. The first kappa shape index (κ1) is 27.8. The first-order chi connectivity index (χ1) is 18.1. The Morgan fingerprint density at radius 1 is 1.18 bits per heavy atom. The topological polar surface area (TPSA) is 88.2 Å². The summed E-state index contributed by atoms with van der Waals surface area (Å²) in [7, 11) is 6.29. The van der Waals surface area contributed by atoms with Crippen LogP contribution < -0.4 is 10.1 Å². The highest BCUT2D eigenvalue weighted by Crippen LogP contribution is 2.30. The van der Waals surface area contributed by atoms with E-state index in [1.165, 1.54) is 4.90 Å². The van der Waals surface area contributed by atoms with Crippen LogP contribution in [0.2, 0.25) is 0 Å². The van der Waals surface area contributed by atoms with Crippen LogP contribution in [0.3, 0.4) is 0 Å². The summed E-state index contributed by atoms with van der Waals surface area (Å²) in [5.41, 5.74) is 0.797. The number of carbonyl (C=O) groups excluding carboxylic acids is 3. The van der Waals surface area contributed by atoms with Gasteiger partial charge in [0.05, 0.1) is 17.6 Å². The largest absolute Gasteiger partial charge is 0.488 e. The van der Waals surface area contributed by atoms with Crippen LogP contribution in [-0.4, -0.2) is 66.6 Å². The predicted octanol–water partition coefficient (Wildman–Crippen LogP) is 2.58. The average molecular weight is 521 g/mol. The van der Waals surface area contributed by atoms with Gasteiger partial charge in [-0.2, -0.15) is 0 Å². The Morgan fingerprint density at radius 3 is 2.55 bits per heavy atom. The summed E-state index contributed by atoms with van der Waals surface area (Å²) in [6, 6.07) is 10.7. The number of aryl methyl sites for hydroxylation is 1. The molecule has 10 heteroatoms.